The number of benzene rings is 2. The van der Waals surface area contributed by atoms with Crippen LogP contribution in [0.2, 0.25) is 5.02 Å². The van der Waals surface area contributed by atoms with E-state index in [1.807, 2.05) is 26.0 Å². The van der Waals surface area contributed by atoms with Crippen molar-refractivity contribution in [2.45, 2.75) is 39.0 Å². The van der Waals surface area contributed by atoms with Crippen LogP contribution in [0, 0.1) is 17.0 Å². The maximum Gasteiger partial charge on any atom is 0.232 e. The monoisotopic (exact) mass is 415 g/mol. The zero-order valence-corrected chi connectivity index (χ0v) is 16.9. The molecule has 29 heavy (non-hydrogen) atoms. The molecule has 3 nitrogen and oxygen atoms in total. The second-order valence-corrected chi connectivity index (χ2v) is 8.81. The number of carbonyl (C=O) groups excluding carboxylic acids is 2. The highest BCUT2D eigenvalue weighted by molar-refractivity contribution is 6.31. The number of anilines is 1. The fraction of sp³-hybridized carbons (Fsp3) is 0.304. The maximum atomic E-state index is 14.6. The summed E-state index contributed by atoms with van der Waals surface area (Å²) in [7, 11) is 0. The van der Waals surface area contributed by atoms with Crippen molar-refractivity contribution >= 4 is 29.0 Å². The van der Waals surface area contributed by atoms with E-state index in [1.165, 1.54) is 11.0 Å². The summed E-state index contributed by atoms with van der Waals surface area (Å²) in [5.41, 5.74) is 1.28. The van der Waals surface area contributed by atoms with Gasteiger partial charge in [-0.2, -0.15) is 0 Å². The Morgan fingerprint density at radius 2 is 1.79 bits per heavy atom. The van der Waals surface area contributed by atoms with E-state index in [0.29, 0.717) is 34.7 Å². The Bertz CT molecular complexity index is 1060. The van der Waals surface area contributed by atoms with Crippen LogP contribution < -0.4 is 4.90 Å². The molecule has 0 spiro atoms. The normalized spacial score (nSPS) is 21.4. The second-order valence-electron chi connectivity index (χ2n) is 8.40. The van der Waals surface area contributed by atoms with Crippen LogP contribution in [-0.2, 0) is 9.59 Å². The fourth-order valence-electron chi connectivity index (χ4n) is 4.38. The van der Waals surface area contributed by atoms with E-state index in [2.05, 4.69) is 0 Å². The molecule has 0 aromatic heterocycles. The predicted molar refractivity (Wildman–Crippen MR) is 108 cm³/mol. The molecule has 0 fully saturated rings. The van der Waals surface area contributed by atoms with Crippen LogP contribution in [0.1, 0.15) is 44.6 Å². The molecule has 6 heteroatoms. The number of amides is 1. The Balaban J connectivity index is 1.94. The topological polar surface area (TPSA) is 37.4 Å². The van der Waals surface area contributed by atoms with Gasteiger partial charge in [0.1, 0.15) is 11.6 Å². The summed E-state index contributed by atoms with van der Waals surface area (Å²) in [5.74, 6) is -2.45. The Hall–Kier alpha value is -2.53. The van der Waals surface area contributed by atoms with Gasteiger partial charge < -0.3 is 0 Å². The molecule has 1 aliphatic carbocycles. The number of carbonyl (C=O) groups is 2. The molecular formula is C23H20ClF2NO2. The summed E-state index contributed by atoms with van der Waals surface area (Å²) in [5, 5.41) is 0.483. The number of hydrogen-bond acceptors (Lipinski definition) is 2. The van der Waals surface area contributed by atoms with Gasteiger partial charge in [-0.15, -0.1) is 0 Å². The first-order valence-corrected chi connectivity index (χ1v) is 9.84. The molecule has 1 aliphatic heterocycles. The highest BCUT2D eigenvalue weighted by Crippen LogP contribution is 2.49. The molecule has 0 saturated carbocycles. The van der Waals surface area contributed by atoms with Crippen LogP contribution in [0.5, 0.6) is 0 Å². The summed E-state index contributed by atoms with van der Waals surface area (Å²) in [6.45, 7) is 3.88. The van der Waals surface area contributed by atoms with Crippen LogP contribution >= 0.6 is 11.6 Å². The molecule has 1 amide bonds. The molecule has 150 valence electrons. The number of allylic oxidation sites excluding steroid dienone is 2. The maximum absolute atomic E-state index is 14.6. The van der Waals surface area contributed by atoms with Gasteiger partial charge in [-0.05, 0) is 35.6 Å². The van der Waals surface area contributed by atoms with Crippen molar-refractivity contribution in [3.8, 4) is 0 Å². The average Bonchev–Trinajstić information content (AvgIpc) is 2.61. The molecule has 4 rings (SSSR count). The minimum atomic E-state index is -0.836. The SMILES string of the molecule is CC1(C)CC(=O)C2=C(C1)N(c1ccc(F)cc1F)C(=O)C[C@@H]2c1ccccc1Cl. The fourth-order valence-corrected chi connectivity index (χ4v) is 4.65. The smallest absolute Gasteiger partial charge is 0.232 e. The van der Waals surface area contributed by atoms with E-state index < -0.39 is 17.6 Å². The first kappa shape index (κ1) is 19.8. The molecule has 0 bridgehead atoms. The van der Waals surface area contributed by atoms with Gasteiger partial charge in [-0.25, -0.2) is 8.78 Å². The van der Waals surface area contributed by atoms with Crippen molar-refractivity contribution in [3.63, 3.8) is 0 Å². The Morgan fingerprint density at radius 1 is 1.07 bits per heavy atom. The van der Waals surface area contributed by atoms with Crippen LogP contribution in [0.4, 0.5) is 14.5 Å². The molecule has 2 aliphatic rings. The van der Waals surface area contributed by atoms with Gasteiger partial charge >= 0.3 is 0 Å². The van der Waals surface area contributed by atoms with E-state index in [0.717, 1.165) is 12.1 Å². The first-order valence-electron chi connectivity index (χ1n) is 9.46. The second kappa shape index (κ2) is 7.06. The standard InChI is InChI=1S/C23H20ClF2NO2/c1-23(2)11-19-22(20(28)12-23)15(14-5-3-4-6-16(14)24)10-21(29)27(19)18-8-7-13(25)9-17(18)26/h3-9,15H,10-12H2,1-2H3/t15-/m1/s1. The van der Waals surface area contributed by atoms with Gasteiger partial charge in [-0.3, -0.25) is 14.5 Å². The third-order valence-corrected chi connectivity index (χ3v) is 5.92. The van der Waals surface area contributed by atoms with Gasteiger partial charge in [0.15, 0.2) is 5.78 Å². The third kappa shape index (κ3) is 3.48. The quantitative estimate of drug-likeness (QED) is 0.623. The zero-order valence-electron chi connectivity index (χ0n) is 16.1. The summed E-state index contributed by atoms with van der Waals surface area (Å²) < 4.78 is 28.0. The van der Waals surface area contributed by atoms with E-state index in [9.17, 15) is 18.4 Å². The third-order valence-electron chi connectivity index (χ3n) is 5.57. The highest BCUT2D eigenvalue weighted by Gasteiger charge is 2.45. The van der Waals surface area contributed by atoms with Crippen molar-refractivity contribution in [1.29, 1.82) is 0 Å². The molecule has 1 atom stereocenters. The lowest BCUT2D eigenvalue weighted by molar-refractivity contribution is -0.121. The van der Waals surface area contributed by atoms with E-state index >= 15 is 0 Å². The Labute approximate surface area is 173 Å². The molecule has 1 heterocycles. The number of halogens is 3. The lowest BCUT2D eigenvalue weighted by Gasteiger charge is -2.43. The van der Waals surface area contributed by atoms with Crippen LogP contribution in [-0.4, -0.2) is 11.7 Å². The van der Waals surface area contributed by atoms with Crippen LogP contribution in [0.3, 0.4) is 0 Å². The van der Waals surface area contributed by atoms with Crippen LogP contribution in [0.25, 0.3) is 0 Å². The number of ketones is 1. The lowest BCUT2D eigenvalue weighted by Crippen LogP contribution is -2.44. The molecular weight excluding hydrogens is 396 g/mol. The van der Waals surface area contributed by atoms with Crippen molar-refractivity contribution in [3.05, 3.63) is 76.0 Å². The number of Topliss-reactive ketones (excluding diaryl/α,β-unsaturated/α-hetero) is 1. The predicted octanol–water partition coefficient (Wildman–Crippen LogP) is 5.78. The summed E-state index contributed by atoms with van der Waals surface area (Å²) in [4.78, 5) is 27.6. The van der Waals surface area contributed by atoms with Crippen molar-refractivity contribution in [2.75, 3.05) is 4.90 Å². The first-order chi connectivity index (χ1) is 13.7. The molecule has 0 unspecified atom stereocenters. The van der Waals surface area contributed by atoms with Crippen molar-refractivity contribution < 1.29 is 18.4 Å². The minimum Gasteiger partial charge on any atom is -0.294 e. The van der Waals surface area contributed by atoms with E-state index in [4.69, 9.17) is 11.6 Å². The van der Waals surface area contributed by atoms with E-state index in [1.54, 1.807) is 12.1 Å². The van der Waals surface area contributed by atoms with Crippen molar-refractivity contribution in [1.82, 2.24) is 0 Å². The van der Waals surface area contributed by atoms with Crippen molar-refractivity contribution in [2.24, 2.45) is 5.41 Å². The number of hydrogen-bond donors (Lipinski definition) is 0. The summed E-state index contributed by atoms with van der Waals surface area (Å²) in [6, 6.07) is 10.2. The van der Waals surface area contributed by atoms with E-state index in [-0.39, 0.29) is 29.2 Å². The average molecular weight is 416 g/mol. The minimum absolute atomic E-state index is 0.00838. The Morgan fingerprint density at radius 3 is 2.48 bits per heavy atom. The zero-order chi connectivity index (χ0) is 20.9. The summed E-state index contributed by atoms with van der Waals surface area (Å²) >= 11 is 6.38. The van der Waals surface area contributed by atoms with Gasteiger partial charge in [0.05, 0.1) is 5.69 Å². The number of rotatable bonds is 2. The molecule has 2 aromatic rings. The van der Waals surface area contributed by atoms with Gasteiger partial charge in [0, 0.05) is 41.1 Å². The van der Waals surface area contributed by atoms with Gasteiger partial charge in [0.2, 0.25) is 5.91 Å². The highest BCUT2D eigenvalue weighted by atomic mass is 35.5. The largest absolute Gasteiger partial charge is 0.294 e. The van der Waals surface area contributed by atoms with Gasteiger partial charge in [-0.1, -0.05) is 43.6 Å². The molecule has 0 radical (unpaired) electrons. The summed E-state index contributed by atoms with van der Waals surface area (Å²) in [6.07, 6.45) is 0.754. The molecule has 0 saturated heterocycles. The lowest BCUT2D eigenvalue weighted by atomic mass is 9.69. The number of nitrogens with zero attached hydrogens (tertiary/aromatic N) is 1. The molecule has 0 N–H and O–H groups in total. The Kier molecular flexibility index (Phi) is 4.82. The molecule has 2 aromatic carbocycles. The van der Waals surface area contributed by atoms with Crippen LogP contribution in [0.15, 0.2) is 53.7 Å². The van der Waals surface area contributed by atoms with Gasteiger partial charge in [0.25, 0.3) is 0 Å².